The summed E-state index contributed by atoms with van der Waals surface area (Å²) in [5, 5.41) is 9.57. The molecule has 0 bridgehead atoms. The van der Waals surface area contributed by atoms with Gasteiger partial charge in [0.25, 0.3) is 0 Å². The van der Waals surface area contributed by atoms with E-state index in [-0.39, 0.29) is 11.9 Å². The molecular weight excluding hydrogens is 228 g/mol. The second-order valence-corrected chi connectivity index (χ2v) is 4.41. The van der Waals surface area contributed by atoms with E-state index < -0.39 is 0 Å². The van der Waals surface area contributed by atoms with Crippen LogP contribution in [0.3, 0.4) is 0 Å². The highest BCUT2D eigenvalue weighted by Gasteiger charge is 2.12. The fourth-order valence-electron chi connectivity index (χ4n) is 1.92. The molecule has 102 valence electrons. The van der Waals surface area contributed by atoms with Crippen LogP contribution in [0.5, 0.6) is 11.5 Å². The Kier molecular flexibility index (Phi) is 6.58. The lowest BCUT2D eigenvalue weighted by atomic mass is 10.1. The van der Waals surface area contributed by atoms with Gasteiger partial charge in [0, 0.05) is 6.61 Å². The first-order chi connectivity index (χ1) is 8.72. The van der Waals surface area contributed by atoms with Crippen molar-refractivity contribution in [3.05, 3.63) is 23.8 Å². The molecule has 3 heteroatoms. The molecular formula is C15H24O3. The first-order valence-corrected chi connectivity index (χ1v) is 6.71. The lowest BCUT2D eigenvalue weighted by Gasteiger charge is -2.17. The molecule has 0 spiro atoms. The predicted octanol–water partition coefficient (Wildman–Crippen LogP) is 4.06. The number of rotatable bonds is 8. The number of unbranched alkanes of at least 4 members (excludes halogenated alkanes) is 2. The molecule has 0 fully saturated rings. The third-order valence-electron chi connectivity index (χ3n) is 3.01. The SMILES string of the molecule is CCCCCOC(CC)c1ccc(O)c(OC)c1. The minimum absolute atomic E-state index is 0.0800. The maximum Gasteiger partial charge on any atom is 0.160 e. The molecule has 0 saturated heterocycles. The first kappa shape index (κ1) is 14.8. The molecule has 0 heterocycles. The van der Waals surface area contributed by atoms with Gasteiger partial charge in [-0.05, 0) is 30.5 Å². The first-order valence-electron chi connectivity index (χ1n) is 6.71. The van der Waals surface area contributed by atoms with Crippen LogP contribution in [0.15, 0.2) is 18.2 Å². The van der Waals surface area contributed by atoms with Gasteiger partial charge in [0.1, 0.15) is 0 Å². The van der Waals surface area contributed by atoms with E-state index in [4.69, 9.17) is 9.47 Å². The van der Waals surface area contributed by atoms with Crippen LogP contribution >= 0.6 is 0 Å². The summed E-state index contributed by atoms with van der Waals surface area (Å²) in [6.07, 6.45) is 4.50. The summed E-state index contributed by atoms with van der Waals surface area (Å²) in [5.41, 5.74) is 1.06. The smallest absolute Gasteiger partial charge is 0.160 e. The Balaban J connectivity index is 2.63. The van der Waals surface area contributed by atoms with E-state index in [1.54, 1.807) is 13.2 Å². The number of hydrogen-bond donors (Lipinski definition) is 1. The number of phenols is 1. The number of benzene rings is 1. The number of phenolic OH excluding ortho intramolecular Hbond substituents is 1. The van der Waals surface area contributed by atoms with E-state index >= 15 is 0 Å². The van der Waals surface area contributed by atoms with Crippen LogP contribution in [-0.4, -0.2) is 18.8 Å². The Morgan fingerprint density at radius 3 is 2.61 bits per heavy atom. The van der Waals surface area contributed by atoms with E-state index in [1.807, 2.05) is 12.1 Å². The molecule has 3 nitrogen and oxygen atoms in total. The predicted molar refractivity (Wildman–Crippen MR) is 73.2 cm³/mol. The van der Waals surface area contributed by atoms with Gasteiger partial charge in [0.05, 0.1) is 13.2 Å². The molecule has 0 aliphatic carbocycles. The molecule has 0 radical (unpaired) electrons. The van der Waals surface area contributed by atoms with E-state index in [0.717, 1.165) is 25.0 Å². The van der Waals surface area contributed by atoms with Gasteiger partial charge in [-0.15, -0.1) is 0 Å². The fraction of sp³-hybridized carbons (Fsp3) is 0.600. The minimum Gasteiger partial charge on any atom is -0.504 e. The van der Waals surface area contributed by atoms with Gasteiger partial charge in [0.15, 0.2) is 11.5 Å². The molecule has 1 aromatic carbocycles. The van der Waals surface area contributed by atoms with E-state index in [2.05, 4.69) is 13.8 Å². The standard InChI is InChI=1S/C15H24O3/c1-4-6-7-10-18-14(5-2)12-8-9-13(16)15(11-12)17-3/h8-9,11,14,16H,4-7,10H2,1-3H3. The molecule has 0 amide bonds. The van der Waals surface area contributed by atoms with Crippen molar-refractivity contribution in [1.82, 2.24) is 0 Å². The molecule has 1 atom stereocenters. The molecule has 1 rings (SSSR count). The molecule has 0 aliphatic rings. The minimum atomic E-state index is 0.0800. The van der Waals surface area contributed by atoms with Crippen LogP contribution in [0.2, 0.25) is 0 Å². The van der Waals surface area contributed by atoms with Crippen molar-refractivity contribution in [2.24, 2.45) is 0 Å². The highest BCUT2D eigenvalue weighted by atomic mass is 16.5. The fourth-order valence-corrected chi connectivity index (χ4v) is 1.92. The molecule has 1 unspecified atom stereocenters. The van der Waals surface area contributed by atoms with Crippen molar-refractivity contribution >= 4 is 0 Å². The number of ether oxygens (including phenoxy) is 2. The maximum atomic E-state index is 9.57. The molecule has 1 aromatic rings. The van der Waals surface area contributed by atoms with Crippen molar-refractivity contribution < 1.29 is 14.6 Å². The zero-order valence-corrected chi connectivity index (χ0v) is 11.6. The summed E-state index contributed by atoms with van der Waals surface area (Å²) >= 11 is 0. The topological polar surface area (TPSA) is 38.7 Å². The maximum absolute atomic E-state index is 9.57. The molecule has 0 saturated carbocycles. The van der Waals surface area contributed by atoms with Crippen LogP contribution < -0.4 is 4.74 Å². The zero-order chi connectivity index (χ0) is 13.4. The summed E-state index contributed by atoms with van der Waals surface area (Å²) in [5.74, 6) is 0.671. The van der Waals surface area contributed by atoms with Crippen molar-refractivity contribution in [2.75, 3.05) is 13.7 Å². The number of hydrogen-bond acceptors (Lipinski definition) is 3. The lowest BCUT2D eigenvalue weighted by Crippen LogP contribution is -2.05. The number of methoxy groups -OCH3 is 1. The molecule has 0 aliphatic heterocycles. The Morgan fingerprint density at radius 2 is 2.00 bits per heavy atom. The third-order valence-corrected chi connectivity index (χ3v) is 3.01. The summed E-state index contributed by atoms with van der Waals surface area (Å²) in [7, 11) is 1.56. The van der Waals surface area contributed by atoms with Gasteiger partial charge in [-0.3, -0.25) is 0 Å². The van der Waals surface area contributed by atoms with Gasteiger partial charge < -0.3 is 14.6 Å². The summed E-state index contributed by atoms with van der Waals surface area (Å²) in [4.78, 5) is 0. The van der Waals surface area contributed by atoms with Crippen LogP contribution in [0, 0.1) is 0 Å². The van der Waals surface area contributed by atoms with Gasteiger partial charge in [-0.2, -0.15) is 0 Å². The Morgan fingerprint density at radius 1 is 1.22 bits per heavy atom. The molecule has 0 aromatic heterocycles. The van der Waals surface area contributed by atoms with Gasteiger partial charge in [0.2, 0.25) is 0 Å². The summed E-state index contributed by atoms with van der Waals surface area (Å²) < 4.78 is 11.0. The second kappa shape index (κ2) is 7.98. The summed E-state index contributed by atoms with van der Waals surface area (Å²) in [6.45, 7) is 5.07. The number of aromatic hydroxyl groups is 1. The summed E-state index contributed by atoms with van der Waals surface area (Å²) in [6, 6.07) is 5.40. The largest absolute Gasteiger partial charge is 0.504 e. The molecule has 1 N–H and O–H groups in total. The van der Waals surface area contributed by atoms with Crippen molar-refractivity contribution in [3.63, 3.8) is 0 Å². The second-order valence-electron chi connectivity index (χ2n) is 4.41. The Bertz CT molecular complexity index is 350. The highest BCUT2D eigenvalue weighted by Crippen LogP contribution is 2.31. The van der Waals surface area contributed by atoms with Crippen molar-refractivity contribution in [3.8, 4) is 11.5 Å². The van der Waals surface area contributed by atoms with Gasteiger partial charge in [-0.1, -0.05) is 32.8 Å². The Hall–Kier alpha value is -1.22. The van der Waals surface area contributed by atoms with Gasteiger partial charge in [-0.25, -0.2) is 0 Å². The van der Waals surface area contributed by atoms with E-state index in [0.29, 0.717) is 5.75 Å². The highest BCUT2D eigenvalue weighted by molar-refractivity contribution is 5.42. The van der Waals surface area contributed by atoms with Crippen LogP contribution in [0.4, 0.5) is 0 Å². The Labute approximate surface area is 110 Å². The van der Waals surface area contributed by atoms with Crippen LogP contribution in [-0.2, 0) is 4.74 Å². The zero-order valence-electron chi connectivity index (χ0n) is 11.6. The van der Waals surface area contributed by atoms with Crippen LogP contribution in [0.1, 0.15) is 51.2 Å². The normalized spacial score (nSPS) is 12.4. The quantitative estimate of drug-likeness (QED) is 0.709. The molecule has 18 heavy (non-hydrogen) atoms. The van der Waals surface area contributed by atoms with E-state index in [1.165, 1.54) is 12.8 Å². The average molecular weight is 252 g/mol. The van der Waals surface area contributed by atoms with Crippen molar-refractivity contribution in [2.45, 2.75) is 45.6 Å². The lowest BCUT2D eigenvalue weighted by molar-refractivity contribution is 0.0473. The van der Waals surface area contributed by atoms with E-state index in [9.17, 15) is 5.11 Å². The monoisotopic (exact) mass is 252 g/mol. The average Bonchev–Trinajstić information content (AvgIpc) is 2.40. The van der Waals surface area contributed by atoms with Crippen molar-refractivity contribution in [1.29, 1.82) is 0 Å². The van der Waals surface area contributed by atoms with Gasteiger partial charge >= 0.3 is 0 Å². The third kappa shape index (κ3) is 4.22. The van der Waals surface area contributed by atoms with Crippen LogP contribution in [0.25, 0.3) is 0 Å².